The lowest BCUT2D eigenvalue weighted by molar-refractivity contribution is -0.164. The average Bonchev–Trinajstić information content (AvgIpc) is 2.75. The third-order valence-corrected chi connectivity index (χ3v) is 6.72. The molecule has 0 aromatic rings. The molecular weight excluding hydrogens is 376 g/mol. The molecule has 0 radical (unpaired) electrons. The molecule has 0 aromatic heterocycles. The maximum Gasteiger partial charge on any atom is 0.306 e. The maximum atomic E-state index is 12.4. The quantitative estimate of drug-likeness (QED) is 0.155. The molecule has 0 amide bonds. The van der Waals surface area contributed by atoms with Crippen LogP contribution in [0.25, 0.3) is 0 Å². The first-order valence-corrected chi connectivity index (χ1v) is 12.8. The molecule has 0 spiro atoms. The van der Waals surface area contributed by atoms with E-state index in [9.17, 15) is 9.59 Å². The molecule has 0 rings (SSSR count). The summed E-state index contributed by atoms with van der Waals surface area (Å²) in [5, 5.41) is 0. The van der Waals surface area contributed by atoms with Gasteiger partial charge < -0.3 is 9.47 Å². The second-order valence-electron chi connectivity index (χ2n) is 8.85. The van der Waals surface area contributed by atoms with Gasteiger partial charge in [0.25, 0.3) is 0 Å². The highest BCUT2D eigenvalue weighted by atomic mass is 16.6. The second kappa shape index (κ2) is 16.6. The molecule has 0 fully saturated rings. The van der Waals surface area contributed by atoms with Crippen LogP contribution in [0.3, 0.4) is 0 Å². The lowest BCUT2D eigenvalue weighted by Gasteiger charge is -2.32. The average molecular weight is 427 g/mol. The summed E-state index contributed by atoms with van der Waals surface area (Å²) in [5.41, 5.74) is -0.628. The molecule has 4 heteroatoms. The molecule has 0 atom stereocenters. The Bertz CT molecular complexity index is 408. The first-order chi connectivity index (χ1) is 14.4. The molecular formula is C26H50O4. The molecule has 4 nitrogen and oxygen atoms in total. The molecule has 30 heavy (non-hydrogen) atoms. The monoisotopic (exact) mass is 426 g/mol. The van der Waals surface area contributed by atoms with Gasteiger partial charge in [0.1, 0.15) is 11.2 Å². The zero-order valence-electron chi connectivity index (χ0n) is 20.9. The smallest absolute Gasteiger partial charge is 0.306 e. The van der Waals surface area contributed by atoms with Crippen LogP contribution < -0.4 is 0 Å². The minimum atomic E-state index is -0.314. The molecule has 0 aromatic carbocycles. The number of rotatable bonds is 19. The van der Waals surface area contributed by atoms with Crippen LogP contribution in [0.5, 0.6) is 0 Å². The topological polar surface area (TPSA) is 52.6 Å². The van der Waals surface area contributed by atoms with E-state index in [1.807, 2.05) is 0 Å². The third-order valence-electron chi connectivity index (χ3n) is 6.72. The van der Waals surface area contributed by atoms with E-state index < -0.39 is 0 Å². The SMILES string of the molecule is CCCCCC(CC)(CC)OC(=O)CCCCC(=O)OC(CC)(CC)CCCCC. The number of ether oxygens (including phenoxy) is 2. The number of hydrogen-bond acceptors (Lipinski definition) is 4. The molecule has 0 saturated carbocycles. The van der Waals surface area contributed by atoms with Crippen molar-refractivity contribution in [3.63, 3.8) is 0 Å². The minimum Gasteiger partial charge on any atom is -0.459 e. The predicted octanol–water partition coefficient (Wildman–Crippen LogP) is 7.91. The van der Waals surface area contributed by atoms with Crippen LogP contribution in [0.1, 0.15) is 144 Å². The summed E-state index contributed by atoms with van der Waals surface area (Å²) in [4.78, 5) is 24.8. The summed E-state index contributed by atoms with van der Waals surface area (Å²) in [6, 6.07) is 0. The summed E-state index contributed by atoms with van der Waals surface area (Å²) in [6.07, 6.45) is 14.3. The Morgan fingerprint density at radius 1 is 0.533 bits per heavy atom. The third kappa shape index (κ3) is 11.4. The highest BCUT2D eigenvalue weighted by Crippen LogP contribution is 2.29. The first kappa shape index (κ1) is 28.9. The van der Waals surface area contributed by atoms with Crippen molar-refractivity contribution in [2.75, 3.05) is 0 Å². The van der Waals surface area contributed by atoms with Gasteiger partial charge in [-0.1, -0.05) is 67.2 Å². The fraction of sp³-hybridized carbons (Fsp3) is 0.923. The first-order valence-electron chi connectivity index (χ1n) is 12.8. The van der Waals surface area contributed by atoms with Gasteiger partial charge in [0.2, 0.25) is 0 Å². The van der Waals surface area contributed by atoms with Gasteiger partial charge in [0.05, 0.1) is 0 Å². The number of esters is 2. The van der Waals surface area contributed by atoms with Crippen LogP contribution in [-0.4, -0.2) is 23.1 Å². The summed E-state index contributed by atoms with van der Waals surface area (Å²) < 4.78 is 11.8. The van der Waals surface area contributed by atoms with Gasteiger partial charge in [0.15, 0.2) is 0 Å². The Hall–Kier alpha value is -1.06. The Kier molecular flexibility index (Phi) is 16.0. The molecule has 0 aliphatic rings. The van der Waals surface area contributed by atoms with Crippen LogP contribution in [0.4, 0.5) is 0 Å². The van der Waals surface area contributed by atoms with Gasteiger partial charge in [-0.3, -0.25) is 9.59 Å². The van der Waals surface area contributed by atoms with E-state index in [0.717, 1.165) is 51.4 Å². The highest BCUT2D eigenvalue weighted by molar-refractivity contribution is 5.71. The molecule has 0 aliphatic heterocycles. The molecule has 0 saturated heterocycles. The van der Waals surface area contributed by atoms with Gasteiger partial charge >= 0.3 is 11.9 Å². The molecule has 0 heterocycles. The summed E-state index contributed by atoms with van der Waals surface area (Å²) >= 11 is 0. The van der Waals surface area contributed by atoms with Gasteiger partial charge in [-0.25, -0.2) is 0 Å². The highest BCUT2D eigenvalue weighted by Gasteiger charge is 2.31. The summed E-state index contributed by atoms with van der Waals surface area (Å²) in [7, 11) is 0. The van der Waals surface area contributed by atoms with Crippen molar-refractivity contribution in [2.24, 2.45) is 0 Å². The zero-order chi connectivity index (χ0) is 22.9. The molecule has 0 N–H and O–H groups in total. The van der Waals surface area contributed by atoms with E-state index in [4.69, 9.17) is 9.47 Å². The Morgan fingerprint density at radius 2 is 0.867 bits per heavy atom. The minimum absolute atomic E-state index is 0.125. The number of hydrogen-bond donors (Lipinski definition) is 0. The van der Waals surface area contributed by atoms with Crippen LogP contribution in [0.2, 0.25) is 0 Å². The standard InChI is InChI=1S/C26H50O4/c1-7-13-17-21-25(9-3,10-4)29-23(27)19-15-16-20-24(28)30-26(11-5,12-6)22-18-14-8-2/h7-22H2,1-6H3. The van der Waals surface area contributed by atoms with Crippen molar-refractivity contribution in [1.82, 2.24) is 0 Å². The van der Waals surface area contributed by atoms with E-state index in [-0.39, 0.29) is 23.1 Å². The van der Waals surface area contributed by atoms with Crippen LogP contribution in [0, 0.1) is 0 Å². The molecule has 0 bridgehead atoms. The molecule has 178 valence electrons. The van der Waals surface area contributed by atoms with E-state index in [0.29, 0.717) is 25.7 Å². The van der Waals surface area contributed by atoms with Crippen LogP contribution in [-0.2, 0) is 19.1 Å². The van der Waals surface area contributed by atoms with Crippen molar-refractivity contribution in [2.45, 2.75) is 155 Å². The fourth-order valence-corrected chi connectivity index (χ4v) is 4.12. The number of unbranched alkanes of at least 4 members (excludes halogenated alkanes) is 5. The van der Waals surface area contributed by atoms with E-state index in [1.54, 1.807) is 0 Å². The summed E-state index contributed by atoms with van der Waals surface area (Å²) in [5.74, 6) is -0.251. The van der Waals surface area contributed by atoms with E-state index in [1.165, 1.54) is 25.7 Å². The van der Waals surface area contributed by atoms with Crippen LogP contribution in [0.15, 0.2) is 0 Å². The largest absolute Gasteiger partial charge is 0.459 e. The zero-order valence-corrected chi connectivity index (χ0v) is 20.9. The number of carbonyl (C=O) groups is 2. The Balaban J connectivity index is 4.38. The fourth-order valence-electron chi connectivity index (χ4n) is 4.12. The van der Waals surface area contributed by atoms with Crippen molar-refractivity contribution in [3.05, 3.63) is 0 Å². The van der Waals surface area contributed by atoms with Gasteiger partial charge in [-0.05, 0) is 64.2 Å². The van der Waals surface area contributed by atoms with E-state index in [2.05, 4.69) is 41.5 Å². The normalized spacial score (nSPS) is 12.1. The van der Waals surface area contributed by atoms with Crippen molar-refractivity contribution in [1.29, 1.82) is 0 Å². The number of carbonyl (C=O) groups excluding carboxylic acids is 2. The van der Waals surface area contributed by atoms with Crippen molar-refractivity contribution >= 4 is 11.9 Å². The van der Waals surface area contributed by atoms with Gasteiger partial charge in [-0.15, -0.1) is 0 Å². The maximum absolute atomic E-state index is 12.4. The van der Waals surface area contributed by atoms with Crippen molar-refractivity contribution in [3.8, 4) is 0 Å². The summed E-state index contributed by atoms with van der Waals surface area (Å²) in [6.45, 7) is 12.8. The Labute approximate surface area is 186 Å². The van der Waals surface area contributed by atoms with E-state index >= 15 is 0 Å². The molecule has 0 unspecified atom stereocenters. The van der Waals surface area contributed by atoms with Crippen molar-refractivity contribution < 1.29 is 19.1 Å². The second-order valence-corrected chi connectivity index (χ2v) is 8.85. The lowest BCUT2D eigenvalue weighted by Crippen LogP contribution is -2.34. The van der Waals surface area contributed by atoms with Gasteiger partial charge in [-0.2, -0.15) is 0 Å². The van der Waals surface area contributed by atoms with Crippen LogP contribution >= 0.6 is 0 Å². The molecule has 0 aliphatic carbocycles. The lowest BCUT2D eigenvalue weighted by atomic mass is 9.90. The Morgan fingerprint density at radius 3 is 1.13 bits per heavy atom. The predicted molar refractivity (Wildman–Crippen MR) is 126 cm³/mol. The van der Waals surface area contributed by atoms with Gasteiger partial charge in [0, 0.05) is 12.8 Å².